The van der Waals surface area contributed by atoms with Gasteiger partial charge < -0.3 is 15.5 Å². The Morgan fingerprint density at radius 3 is 2.34 bits per heavy atom. The van der Waals surface area contributed by atoms with Gasteiger partial charge in [-0.3, -0.25) is 9.59 Å². The van der Waals surface area contributed by atoms with Crippen LogP contribution in [0.2, 0.25) is 10.0 Å². The highest BCUT2D eigenvalue weighted by atomic mass is 35.5. The molecule has 0 radical (unpaired) electrons. The van der Waals surface area contributed by atoms with Gasteiger partial charge in [0.1, 0.15) is 11.6 Å². The van der Waals surface area contributed by atoms with E-state index in [1.165, 1.54) is 31.2 Å². The van der Waals surface area contributed by atoms with Crippen molar-refractivity contribution in [2.75, 3.05) is 31.5 Å². The lowest BCUT2D eigenvalue weighted by atomic mass is 9.87. The summed E-state index contributed by atoms with van der Waals surface area (Å²) in [5.41, 5.74) is 2.60. The van der Waals surface area contributed by atoms with Crippen molar-refractivity contribution in [3.8, 4) is 0 Å². The first-order valence-corrected chi connectivity index (χ1v) is 14.7. The van der Waals surface area contributed by atoms with Crippen LogP contribution in [-0.4, -0.2) is 42.9 Å². The van der Waals surface area contributed by atoms with E-state index in [1.54, 1.807) is 30.3 Å². The number of halogens is 4. The highest BCUT2D eigenvalue weighted by Crippen LogP contribution is 2.56. The van der Waals surface area contributed by atoms with Crippen molar-refractivity contribution in [3.05, 3.63) is 99.0 Å². The second kappa shape index (κ2) is 12.5. The predicted molar refractivity (Wildman–Crippen MR) is 158 cm³/mol. The molecule has 41 heavy (non-hydrogen) atoms. The van der Waals surface area contributed by atoms with Crippen LogP contribution in [0.3, 0.4) is 0 Å². The van der Waals surface area contributed by atoms with Crippen molar-refractivity contribution in [1.29, 1.82) is 0 Å². The van der Waals surface area contributed by atoms with Gasteiger partial charge >= 0.3 is 0 Å². The van der Waals surface area contributed by atoms with E-state index in [-0.39, 0.29) is 35.3 Å². The standard InChI is InChI=1S/C32H33Cl2F2N3O2/c1-20(40)38-30-9-7-26(36)17-27(30)22-11-14-39(15-12-22)19-24-18-32(24,23-4-8-28(33)29(34)16-23)31(41)37-13-10-21-2-5-25(35)6-3-21/h2-9,16-17,22,24H,10-15,18-19H2,1H3,(H,37,41)(H,38,40)/t24-,32+/m0/s1. The molecule has 3 aromatic carbocycles. The van der Waals surface area contributed by atoms with Crippen molar-refractivity contribution in [3.63, 3.8) is 0 Å². The summed E-state index contributed by atoms with van der Waals surface area (Å²) in [6.45, 7) is 4.25. The molecule has 1 saturated carbocycles. The topological polar surface area (TPSA) is 61.4 Å². The number of carbonyl (C=O) groups excluding carboxylic acids is 2. The van der Waals surface area contributed by atoms with Crippen LogP contribution >= 0.6 is 23.2 Å². The first-order valence-electron chi connectivity index (χ1n) is 13.9. The number of nitrogens with zero attached hydrogens (tertiary/aromatic N) is 1. The number of anilines is 1. The van der Waals surface area contributed by atoms with Crippen molar-refractivity contribution in [1.82, 2.24) is 10.2 Å². The monoisotopic (exact) mass is 599 g/mol. The van der Waals surface area contributed by atoms with Gasteiger partial charge in [0, 0.05) is 25.7 Å². The van der Waals surface area contributed by atoms with Crippen LogP contribution in [0.25, 0.3) is 0 Å². The van der Waals surface area contributed by atoms with E-state index in [0.29, 0.717) is 35.1 Å². The van der Waals surface area contributed by atoms with E-state index in [9.17, 15) is 18.4 Å². The van der Waals surface area contributed by atoms with Crippen molar-refractivity contribution in [2.24, 2.45) is 5.92 Å². The zero-order valence-corrected chi connectivity index (χ0v) is 24.4. The minimum atomic E-state index is -0.699. The van der Waals surface area contributed by atoms with E-state index >= 15 is 0 Å². The molecule has 216 valence electrons. The molecule has 9 heteroatoms. The fourth-order valence-electron chi connectivity index (χ4n) is 6.13. The van der Waals surface area contributed by atoms with Crippen LogP contribution in [0.1, 0.15) is 48.8 Å². The minimum absolute atomic E-state index is 0.0439. The molecule has 2 fully saturated rings. The Hall–Kier alpha value is -3.00. The maximum Gasteiger partial charge on any atom is 0.231 e. The fraction of sp³-hybridized carbons (Fsp3) is 0.375. The third kappa shape index (κ3) is 6.74. The number of nitrogens with one attached hydrogen (secondary N) is 2. The summed E-state index contributed by atoms with van der Waals surface area (Å²) in [7, 11) is 0. The average Bonchev–Trinajstić information content (AvgIpc) is 3.67. The SMILES string of the molecule is CC(=O)Nc1ccc(F)cc1C1CCN(C[C@@H]2C[C@@]2(C(=O)NCCc2ccc(F)cc2)c2ccc(Cl)c(Cl)c2)CC1. The number of piperidine rings is 1. The fourth-order valence-corrected chi connectivity index (χ4v) is 6.43. The molecule has 5 nitrogen and oxygen atoms in total. The smallest absolute Gasteiger partial charge is 0.231 e. The van der Waals surface area contributed by atoms with Crippen LogP contribution in [0.4, 0.5) is 14.5 Å². The lowest BCUT2D eigenvalue weighted by Gasteiger charge is -2.33. The molecule has 1 aliphatic heterocycles. The molecule has 2 aliphatic rings. The highest BCUT2D eigenvalue weighted by molar-refractivity contribution is 6.42. The van der Waals surface area contributed by atoms with Gasteiger partial charge in [-0.2, -0.15) is 0 Å². The number of benzene rings is 3. The molecule has 1 aliphatic carbocycles. The molecule has 2 N–H and O–H groups in total. The lowest BCUT2D eigenvalue weighted by molar-refractivity contribution is -0.124. The van der Waals surface area contributed by atoms with Gasteiger partial charge in [0.15, 0.2) is 0 Å². The maximum atomic E-state index is 14.1. The van der Waals surface area contributed by atoms with Crippen LogP contribution in [-0.2, 0) is 21.4 Å². The van der Waals surface area contributed by atoms with Crippen molar-refractivity contribution < 1.29 is 18.4 Å². The van der Waals surface area contributed by atoms with Crippen molar-refractivity contribution >= 4 is 40.7 Å². The summed E-state index contributed by atoms with van der Waals surface area (Å²) in [5.74, 6) is -0.586. The molecule has 1 heterocycles. The summed E-state index contributed by atoms with van der Waals surface area (Å²) < 4.78 is 27.3. The Labute approximate surface area is 249 Å². The van der Waals surface area contributed by atoms with E-state index in [2.05, 4.69) is 15.5 Å². The number of carbonyl (C=O) groups is 2. The van der Waals surface area contributed by atoms with E-state index in [0.717, 1.165) is 49.2 Å². The molecule has 0 aromatic heterocycles. The third-order valence-corrected chi connectivity index (χ3v) is 9.13. The van der Waals surface area contributed by atoms with Crippen LogP contribution in [0, 0.1) is 17.6 Å². The Morgan fingerprint density at radius 1 is 0.951 bits per heavy atom. The molecular formula is C32H33Cl2F2N3O2. The summed E-state index contributed by atoms with van der Waals surface area (Å²) in [6, 6.07) is 16.2. The van der Waals surface area contributed by atoms with Gasteiger partial charge in [-0.15, -0.1) is 0 Å². The Kier molecular flexibility index (Phi) is 8.97. The van der Waals surface area contributed by atoms with Gasteiger partial charge in [-0.1, -0.05) is 41.4 Å². The van der Waals surface area contributed by atoms with E-state index < -0.39 is 5.41 Å². The normalized spacial score (nSPS) is 21.0. The first kappa shape index (κ1) is 29.5. The zero-order valence-electron chi connectivity index (χ0n) is 22.9. The summed E-state index contributed by atoms with van der Waals surface area (Å²) in [4.78, 5) is 27.7. The molecule has 5 rings (SSSR count). The van der Waals surface area contributed by atoms with Gasteiger partial charge in [0.25, 0.3) is 0 Å². The Morgan fingerprint density at radius 2 is 1.66 bits per heavy atom. The van der Waals surface area contributed by atoms with Crippen LogP contribution < -0.4 is 10.6 Å². The quantitative estimate of drug-likeness (QED) is 0.287. The number of hydrogen-bond acceptors (Lipinski definition) is 3. The van der Waals surface area contributed by atoms with E-state index in [1.807, 2.05) is 6.07 Å². The number of likely N-dealkylation sites (tertiary alicyclic amines) is 1. The number of hydrogen-bond donors (Lipinski definition) is 2. The Balaban J connectivity index is 1.25. The molecule has 1 saturated heterocycles. The molecular weight excluding hydrogens is 567 g/mol. The average molecular weight is 601 g/mol. The number of amides is 2. The molecule has 0 unspecified atom stereocenters. The number of rotatable bonds is 9. The summed E-state index contributed by atoms with van der Waals surface area (Å²) in [5, 5.41) is 6.80. The van der Waals surface area contributed by atoms with Crippen molar-refractivity contribution in [2.45, 2.75) is 43.9 Å². The highest BCUT2D eigenvalue weighted by Gasteiger charge is 2.61. The van der Waals surface area contributed by atoms with Crippen LogP contribution in [0.15, 0.2) is 60.7 Å². The largest absolute Gasteiger partial charge is 0.355 e. The van der Waals surface area contributed by atoms with E-state index in [4.69, 9.17) is 23.2 Å². The Bertz CT molecular complexity index is 1430. The molecule has 3 aromatic rings. The molecule has 2 atom stereocenters. The summed E-state index contributed by atoms with van der Waals surface area (Å²) >= 11 is 12.5. The maximum absolute atomic E-state index is 14.1. The molecule has 0 spiro atoms. The second-order valence-corrected chi connectivity index (χ2v) is 11.9. The van der Waals surface area contributed by atoms with Gasteiger partial charge in [-0.25, -0.2) is 8.78 Å². The zero-order chi connectivity index (χ0) is 29.1. The van der Waals surface area contributed by atoms with Crippen LogP contribution in [0.5, 0.6) is 0 Å². The minimum Gasteiger partial charge on any atom is -0.355 e. The van der Waals surface area contributed by atoms with Gasteiger partial charge in [0.2, 0.25) is 11.8 Å². The van der Waals surface area contributed by atoms with Gasteiger partial charge in [-0.05, 0) is 110 Å². The first-order chi connectivity index (χ1) is 19.7. The predicted octanol–water partition coefficient (Wildman–Crippen LogP) is 6.73. The molecule has 0 bridgehead atoms. The third-order valence-electron chi connectivity index (χ3n) is 8.39. The summed E-state index contributed by atoms with van der Waals surface area (Å²) in [6.07, 6.45) is 2.95. The molecule has 2 amide bonds. The second-order valence-electron chi connectivity index (χ2n) is 11.1. The lowest BCUT2D eigenvalue weighted by Crippen LogP contribution is -2.40. The van der Waals surface area contributed by atoms with Gasteiger partial charge in [0.05, 0.1) is 15.5 Å².